The van der Waals surface area contributed by atoms with Crippen LogP contribution in [0.3, 0.4) is 0 Å². The fraction of sp³-hybridized carbons (Fsp3) is 0.800. The molecule has 0 spiro atoms. The fourth-order valence-electron chi connectivity index (χ4n) is 2.59. The van der Waals surface area contributed by atoms with Crippen LogP contribution in [0, 0.1) is 0 Å². The minimum atomic E-state index is -1.82. The van der Waals surface area contributed by atoms with Crippen LogP contribution in [0.2, 0.25) is 0 Å². The number of likely N-dealkylation sites (tertiary alicyclic amines) is 1. The van der Waals surface area contributed by atoms with E-state index in [0.717, 1.165) is 32.5 Å². The molecule has 0 bridgehead atoms. The first-order chi connectivity index (χ1) is 11.0. The first kappa shape index (κ1) is 19.4. The Morgan fingerprint density at radius 2 is 1.61 bits per heavy atom. The second-order valence-corrected chi connectivity index (χ2v) is 5.74. The number of aliphatic carboxylic acids is 2. The molecule has 23 heavy (non-hydrogen) atoms. The summed E-state index contributed by atoms with van der Waals surface area (Å²) in [5.41, 5.74) is 0. The molecule has 2 rings (SSSR count). The Hall–Kier alpha value is -1.67. The van der Waals surface area contributed by atoms with Crippen molar-refractivity contribution >= 4 is 17.8 Å². The zero-order valence-corrected chi connectivity index (χ0v) is 13.3. The highest BCUT2D eigenvalue weighted by atomic mass is 16.5. The van der Waals surface area contributed by atoms with Gasteiger partial charge in [0, 0.05) is 13.2 Å². The molecule has 2 saturated heterocycles. The number of rotatable bonds is 4. The van der Waals surface area contributed by atoms with Gasteiger partial charge < -0.3 is 20.3 Å². The molecule has 8 nitrogen and oxygen atoms in total. The monoisotopic (exact) mass is 330 g/mol. The van der Waals surface area contributed by atoms with E-state index in [-0.39, 0.29) is 12.0 Å². The molecular weight excluding hydrogens is 304 g/mol. The van der Waals surface area contributed by atoms with Gasteiger partial charge in [0.2, 0.25) is 5.91 Å². The minimum Gasteiger partial charge on any atom is -0.473 e. The Bertz CT molecular complexity index is 375. The molecule has 3 N–H and O–H groups in total. The van der Waals surface area contributed by atoms with Crippen LogP contribution in [0.5, 0.6) is 0 Å². The zero-order valence-electron chi connectivity index (χ0n) is 13.3. The summed E-state index contributed by atoms with van der Waals surface area (Å²) in [5.74, 6) is -3.49. The predicted molar refractivity (Wildman–Crippen MR) is 82.2 cm³/mol. The molecule has 2 heterocycles. The summed E-state index contributed by atoms with van der Waals surface area (Å²) in [6, 6.07) is 0. The number of hydrogen-bond donors (Lipinski definition) is 3. The van der Waals surface area contributed by atoms with Crippen LogP contribution in [-0.4, -0.2) is 71.8 Å². The Balaban J connectivity index is 0.000000379. The number of hydrogen-bond acceptors (Lipinski definition) is 5. The van der Waals surface area contributed by atoms with Gasteiger partial charge >= 0.3 is 11.9 Å². The van der Waals surface area contributed by atoms with Gasteiger partial charge in [0.1, 0.15) is 0 Å². The van der Waals surface area contributed by atoms with Gasteiger partial charge in [-0.05, 0) is 38.8 Å². The van der Waals surface area contributed by atoms with E-state index in [4.69, 9.17) is 24.5 Å². The molecule has 1 unspecified atom stereocenters. The average molecular weight is 330 g/mol. The summed E-state index contributed by atoms with van der Waals surface area (Å²) in [4.78, 5) is 32.2. The molecule has 0 radical (unpaired) electrons. The smallest absolute Gasteiger partial charge is 0.414 e. The van der Waals surface area contributed by atoms with E-state index >= 15 is 0 Å². The molecule has 0 aromatic rings. The largest absolute Gasteiger partial charge is 0.473 e. The molecule has 2 aliphatic heterocycles. The number of nitrogens with zero attached hydrogens (tertiary/aromatic N) is 1. The second-order valence-electron chi connectivity index (χ2n) is 5.74. The van der Waals surface area contributed by atoms with Gasteiger partial charge in [-0.25, -0.2) is 9.59 Å². The van der Waals surface area contributed by atoms with Crippen molar-refractivity contribution in [3.05, 3.63) is 0 Å². The topological polar surface area (TPSA) is 116 Å². The maximum Gasteiger partial charge on any atom is 0.414 e. The van der Waals surface area contributed by atoms with Crippen LogP contribution in [0.25, 0.3) is 0 Å². The van der Waals surface area contributed by atoms with E-state index in [0.29, 0.717) is 13.1 Å². The van der Waals surface area contributed by atoms with Gasteiger partial charge in [0.25, 0.3) is 0 Å². The number of carboxylic acids is 2. The first-order valence-corrected chi connectivity index (χ1v) is 8.06. The van der Waals surface area contributed by atoms with Gasteiger partial charge in [0.15, 0.2) is 0 Å². The van der Waals surface area contributed by atoms with Crippen LogP contribution in [0.1, 0.15) is 38.5 Å². The molecule has 0 aliphatic carbocycles. The fourth-order valence-corrected chi connectivity index (χ4v) is 2.59. The number of carboxylic acid groups (broad SMARTS) is 2. The van der Waals surface area contributed by atoms with Gasteiger partial charge in [-0.3, -0.25) is 9.69 Å². The highest BCUT2D eigenvalue weighted by molar-refractivity contribution is 6.27. The van der Waals surface area contributed by atoms with Crippen LogP contribution in [-0.2, 0) is 19.1 Å². The van der Waals surface area contributed by atoms with E-state index in [1.807, 2.05) is 0 Å². The lowest BCUT2D eigenvalue weighted by Gasteiger charge is -2.19. The second kappa shape index (κ2) is 11.0. The van der Waals surface area contributed by atoms with Crippen molar-refractivity contribution in [1.82, 2.24) is 10.2 Å². The molecule has 0 aromatic carbocycles. The molecule has 1 amide bonds. The maximum absolute atomic E-state index is 11.8. The Morgan fingerprint density at radius 1 is 1.00 bits per heavy atom. The van der Waals surface area contributed by atoms with Crippen molar-refractivity contribution in [3.8, 4) is 0 Å². The lowest BCUT2D eigenvalue weighted by Crippen LogP contribution is -2.40. The third-order valence-corrected chi connectivity index (χ3v) is 3.80. The Kier molecular flexibility index (Phi) is 9.23. The standard InChI is InChI=1S/C13H24N2O2.C2H2O4/c16-13(14-10-12-6-5-9-17-12)11-15-7-3-1-2-4-8-15;3-1(4)2(5)6/h12H,1-11H2,(H,14,16);(H,3,4)(H,5,6). The maximum atomic E-state index is 11.8. The molecule has 2 fully saturated rings. The van der Waals surface area contributed by atoms with Gasteiger partial charge in [-0.15, -0.1) is 0 Å². The number of ether oxygens (including phenoxy) is 1. The minimum absolute atomic E-state index is 0.155. The number of amides is 1. The number of nitrogens with one attached hydrogen (secondary N) is 1. The van der Waals surface area contributed by atoms with Crippen LogP contribution < -0.4 is 5.32 Å². The molecule has 1 atom stereocenters. The molecule has 8 heteroatoms. The van der Waals surface area contributed by atoms with Crippen LogP contribution in [0.4, 0.5) is 0 Å². The van der Waals surface area contributed by atoms with E-state index in [9.17, 15) is 4.79 Å². The van der Waals surface area contributed by atoms with Crippen molar-refractivity contribution in [2.45, 2.75) is 44.6 Å². The van der Waals surface area contributed by atoms with E-state index in [1.165, 1.54) is 25.7 Å². The molecule has 2 aliphatic rings. The highest BCUT2D eigenvalue weighted by Gasteiger charge is 2.17. The summed E-state index contributed by atoms with van der Waals surface area (Å²) in [5, 5.41) is 17.8. The molecule has 132 valence electrons. The summed E-state index contributed by atoms with van der Waals surface area (Å²) in [6.45, 7) is 4.26. The van der Waals surface area contributed by atoms with Crippen molar-refractivity contribution in [3.63, 3.8) is 0 Å². The first-order valence-electron chi connectivity index (χ1n) is 8.06. The summed E-state index contributed by atoms with van der Waals surface area (Å²) < 4.78 is 5.48. The van der Waals surface area contributed by atoms with E-state index in [2.05, 4.69) is 10.2 Å². The van der Waals surface area contributed by atoms with Gasteiger partial charge in [-0.2, -0.15) is 0 Å². The SMILES string of the molecule is O=C(CN1CCCCCC1)NCC1CCCO1.O=C(O)C(=O)O. The number of carbonyl (C=O) groups excluding carboxylic acids is 1. The molecular formula is C15H26N2O6. The molecule has 0 aromatic heterocycles. The lowest BCUT2D eigenvalue weighted by atomic mass is 10.2. The van der Waals surface area contributed by atoms with Gasteiger partial charge in [0.05, 0.1) is 12.6 Å². The zero-order chi connectivity index (χ0) is 17.1. The third-order valence-electron chi connectivity index (χ3n) is 3.80. The third kappa shape index (κ3) is 9.14. The Labute approximate surface area is 135 Å². The lowest BCUT2D eigenvalue weighted by molar-refractivity contribution is -0.159. The summed E-state index contributed by atoms with van der Waals surface area (Å²) in [6.07, 6.45) is 7.57. The Morgan fingerprint density at radius 3 is 2.09 bits per heavy atom. The number of carbonyl (C=O) groups is 3. The van der Waals surface area contributed by atoms with Crippen molar-refractivity contribution in [2.75, 3.05) is 32.8 Å². The van der Waals surface area contributed by atoms with Crippen LogP contribution in [0.15, 0.2) is 0 Å². The quantitative estimate of drug-likeness (QED) is 0.635. The van der Waals surface area contributed by atoms with Crippen molar-refractivity contribution in [1.29, 1.82) is 0 Å². The molecule has 0 saturated carbocycles. The van der Waals surface area contributed by atoms with Crippen LogP contribution >= 0.6 is 0 Å². The normalized spacial score (nSPS) is 21.7. The van der Waals surface area contributed by atoms with Crippen molar-refractivity contribution in [2.24, 2.45) is 0 Å². The van der Waals surface area contributed by atoms with E-state index < -0.39 is 11.9 Å². The summed E-state index contributed by atoms with van der Waals surface area (Å²) in [7, 11) is 0. The van der Waals surface area contributed by atoms with Crippen molar-refractivity contribution < 1.29 is 29.3 Å². The van der Waals surface area contributed by atoms with Gasteiger partial charge in [-0.1, -0.05) is 12.8 Å². The predicted octanol–water partition coefficient (Wildman–Crippen LogP) is 0.313. The average Bonchev–Trinajstić information content (AvgIpc) is 2.90. The highest BCUT2D eigenvalue weighted by Crippen LogP contribution is 2.11. The summed E-state index contributed by atoms with van der Waals surface area (Å²) >= 11 is 0. The van der Waals surface area contributed by atoms with E-state index in [1.54, 1.807) is 0 Å².